The van der Waals surface area contributed by atoms with Crippen molar-refractivity contribution in [2.75, 3.05) is 6.54 Å². The molecule has 0 unspecified atom stereocenters. The molecule has 0 spiro atoms. The topological polar surface area (TPSA) is 147 Å². The highest BCUT2D eigenvalue weighted by atomic mass is 32.2. The molecule has 0 bridgehead atoms. The van der Waals surface area contributed by atoms with Crippen molar-refractivity contribution >= 4 is 27.7 Å². The number of unbranched alkanes of at least 4 members (excludes halogenated alkanes) is 1. The Bertz CT molecular complexity index is 1150. The quantitative estimate of drug-likeness (QED) is 0.434. The number of nitrogens with zero attached hydrogens (tertiary/aromatic N) is 1. The first kappa shape index (κ1) is 26.9. The minimum atomic E-state index is -4.76. The van der Waals surface area contributed by atoms with Gasteiger partial charge in [-0.15, -0.1) is 0 Å². The second-order valence-electron chi connectivity index (χ2n) is 7.75. The van der Waals surface area contributed by atoms with Gasteiger partial charge in [-0.05, 0) is 18.9 Å². The number of nitrogens with one attached hydrogen (secondary N) is 1. The van der Waals surface area contributed by atoms with E-state index < -0.39 is 57.7 Å². The number of hydrogen-bond acceptors (Lipinski definition) is 6. The van der Waals surface area contributed by atoms with Crippen LogP contribution >= 0.6 is 0 Å². The first-order valence-corrected chi connectivity index (χ1v) is 12.1. The number of amides is 3. The van der Waals surface area contributed by atoms with Gasteiger partial charge in [-0.25, -0.2) is 17.5 Å². The molecule has 2 aromatic rings. The van der Waals surface area contributed by atoms with Crippen LogP contribution in [0.4, 0.5) is 4.39 Å². The number of hydrogen-bond donors (Lipinski definition) is 3. The lowest BCUT2D eigenvalue weighted by Gasteiger charge is -2.23. The number of sulfonamides is 1. The van der Waals surface area contributed by atoms with Crippen molar-refractivity contribution < 1.29 is 32.3 Å². The minimum absolute atomic E-state index is 0.0218. The van der Waals surface area contributed by atoms with Gasteiger partial charge in [0.1, 0.15) is 16.8 Å². The van der Waals surface area contributed by atoms with Crippen molar-refractivity contribution in [3.8, 4) is 11.1 Å². The van der Waals surface area contributed by atoms with Gasteiger partial charge >= 0.3 is 0 Å². The monoisotopic (exact) mass is 493 g/mol. The smallest absolute Gasteiger partial charge is 0.267 e. The summed E-state index contributed by atoms with van der Waals surface area (Å²) in [5.41, 5.74) is 5.40. The highest BCUT2D eigenvalue weighted by Gasteiger charge is 2.30. The molecule has 0 saturated heterocycles. The van der Waals surface area contributed by atoms with Gasteiger partial charge in [-0.2, -0.15) is 0 Å². The van der Waals surface area contributed by atoms with E-state index in [1.54, 1.807) is 35.1 Å². The molecule has 0 aromatic heterocycles. The molecule has 9 nitrogen and oxygen atoms in total. The number of aliphatic hydroxyl groups excluding tert-OH is 1. The number of primary amides is 1. The van der Waals surface area contributed by atoms with E-state index in [1.807, 2.05) is 6.92 Å². The zero-order valence-electron chi connectivity index (χ0n) is 19.0. The van der Waals surface area contributed by atoms with Crippen molar-refractivity contribution in [1.82, 2.24) is 9.62 Å². The summed E-state index contributed by atoms with van der Waals surface area (Å²) in [6.07, 6.45) is -0.261. The molecule has 0 aliphatic rings. The predicted molar refractivity (Wildman–Crippen MR) is 123 cm³/mol. The number of benzene rings is 2. The van der Waals surface area contributed by atoms with Gasteiger partial charge in [0.15, 0.2) is 0 Å². The highest BCUT2D eigenvalue weighted by molar-refractivity contribution is 7.90. The molecule has 0 fully saturated rings. The van der Waals surface area contributed by atoms with Crippen LogP contribution in [0.1, 0.15) is 38.7 Å². The maximum Gasteiger partial charge on any atom is 0.267 e. The maximum atomic E-state index is 15.7. The highest BCUT2D eigenvalue weighted by Crippen LogP contribution is 2.32. The third-order valence-electron chi connectivity index (χ3n) is 4.95. The number of nitrogens with two attached hydrogens (primary N) is 1. The van der Waals surface area contributed by atoms with E-state index in [4.69, 9.17) is 5.73 Å². The minimum Gasteiger partial charge on any atom is -0.384 e. The molecule has 0 aliphatic heterocycles. The number of carbonyl (C=O) groups is 3. The lowest BCUT2D eigenvalue weighted by atomic mass is 10.0. The molecular weight excluding hydrogens is 465 g/mol. The molecular formula is C23H28FN3O6S. The third-order valence-corrected chi connectivity index (χ3v) is 6.36. The first-order valence-electron chi connectivity index (χ1n) is 10.7. The van der Waals surface area contributed by atoms with Crippen LogP contribution in [0.2, 0.25) is 0 Å². The molecule has 4 N–H and O–H groups in total. The lowest BCUT2D eigenvalue weighted by Crippen LogP contribution is -2.39. The van der Waals surface area contributed by atoms with Gasteiger partial charge in [0.05, 0.1) is 6.54 Å². The molecule has 34 heavy (non-hydrogen) atoms. The fourth-order valence-electron chi connectivity index (χ4n) is 3.21. The van der Waals surface area contributed by atoms with Crippen LogP contribution in [-0.4, -0.2) is 48.8 Å². The Labute approximate surface area is 197 Å². The first-order chi connectivity index (χ1) is 16.0. The van der Waals surface area contributed by atoms with E-state index in [0.717, 1.165) is 18.2 Å². The normalized spacial score (nSPS) is 12.1. The van der Waals surface area contributed by atoms with Crippen LogP contribution in [0.3, 0.4) is 0 Å². The predicted octanol–water partition coefficient (Wildman–Crippen LogP) is 1.68. The SMILES string of the molecule is CCCCC(=O)N(CC(N)=O)Cc1ccc(-c2ccccc2)c(S(=O)(=O)NC(=O)[C@H](C)O)c1F. The second kappa shape index (κ2) is 11.7. The van der Waals surface area contributed by atoms with Crippen molar-refractivity contribution in [3.63, 3.8) is 0 Å². The molecule has 0 saturated carbocycles. The Morgan fingerprint density at radius 1 is 1.15 bits per heavy atom. The average molecular weight is 494 g/mol. The molecule has 3 amide bonds. The van der Waals surface area contributed by atoms with Gasteiger partial charge in [-0.1, -0.05) is 55.8 Å². The van der Waals surface area contributed by atoms with Crippen molar-refractivity contribution in [1.29, 1.82) is 0 Å². The Kier molecular flexibility index (Phi) is 9.28. The molecule has 11 heteroatoms. The van der Waals surface area contributed by atoms with E-state index in [0.29, 0.717) is 12.0 Å². The molecule has 0 heterocycles. The fraction of sp³-hybridized carbons (Fsp3) is 0.348. The maximum absolute atomic E-state index is 15.7. The average Bonchev–Trinajstić information content (AvgIpc) is 2.77. The summed E-state index contributed by atoms with van der Waals surface area (Å²) in [4.78, 5) is 36.2. The number of rotatable bonds is 11. The van der Waals surface area contributed by atoms with Gasteiger partial charge < -0.3 is 15.7 Å². The van der Waals surface area contributed by atoms with Gasteiger partial charge in [0.25, 0.3) is 15.9 Å². The summed E-state index contributed by atoms with van der Waals surface area (Å²) in [5.74, 6) is -3.65. The van der Waals surface area contributed by atoms with Crippen LogP contribution in [0, 0.1) is 5.82 Å². The Hall–Kier alpha value is -3.31. The molecule has 2 aromatic carbocycles. The van der Waals surface area contributed by atoms with E-state index in [2.05, 4.69) is 0 Å². The number of carbonyl (C=O) groups excluding carboxylic acids is 3. The van der Waals surface area contributed by atoms with Crippen LogP contribution in [0.15, 0.2) is 47.4 Å². The molecule has 0 radical (unpaired) electrons. The van der Waals surface area contributed by atoms with Gasteiger partial charge in [0.2, 0.25) is 11.8 Å². The summed E-state index contributed by atoms with van der Waals surface area (Å²) < 4.78 is 43.4. The largest absolute Gasteiger partial charge is 0.384 e. The standard InChI is InChI=1S/C23H28FN3O6S/c1-3-4-10-20(30)27(14-19(25)29)13-17-11-12-18(16-8-6-5-7-9-16)22(21(17)24)34(32,33)26-23(31)15(2)28/h5-9,11-12,15,28H,3-4,10,13-14H2,1-2H3,(H2,25,29)(H,26,31)/t15-/m0/s1. The second-order valence-corrected chi connectivity index (χ2v) is 9.37. The lowest BCUT2D eigenvalue weighted by molar-refractivity contribution is -0.135. The van der Waals surface area contributed by atoms with Crippen LogP contribution in [0.5, 0.6) is 0 Å². The molecule has 0 aliphatic carbocycles. The zero-order valence-corrected chi connectivity index (χ0v) is 19.8. The van der Waals surface area contributed by atoms with Crippen LogP contribution in [0.25, 0.3) is 11.1 Å². The fourth-order valence-corrected chi connectivity index (χ4v) is 4.59. The van der Waals surface area contributed by atoms with Crippen molar-refractivity contribution in [2.24, 2.45) is 5.73 Å². The van der Waals surface area contributed by atoms with E-state index in [1.165, 1.54) is 12.1 Å². The number of halogens is 1. The third kappa shape index (κ3) is 6.84. The van der Waals surface area contributed by atoms with Crippen molar-refractivity contribution in [2.45, 2.75) is 50.7 Å². The van der Waals surface area contributed by atoms with E-state index >= 15 is 4.39 Å². The zero-order chi connectivity index (χ0) is 25.5. The summed E-state index contributed by atoms with van der Waals surface area (Å²) >= 11 is 0. The van der Waals surface area contributed by atoms with E-state index in [9.17, 15) is 27.9 Å². The Balaban J connectivity index is 2.61. The van der Waals surface area contributed by atoms with Crippen molar-refractivity contribution in [3.05, 3.63) is 53.8 Å². The summed E-state index contributed by atoms with van der Waals surface area (Å²) in [5, 5.41) is 9.42. The molecule has 2 rings (SSSR count). The van der Waals surface area contributed by atoms with Gasteiger partial charge in [-0.3, -0.25) is 14.4 Å². The van der Waals surface area contributed by atoms with Crippen LogP contribution < -0.4 is 10.5 Å². The Morgan fingerprint density at radius 2 is 1.79 bits per heavy atom. The molecule has 1 atom stereocenters. The summed E-state index contributed by atoms with van der Waals surface area (Å²) in [6, 6.07) is 10.8. The van der Waals surface area contributed by atoms with Gasteiger partial charge in [0, 0.05) is 24.1 Å². The van der Waals surface area contributed by atoms with E-state index in [-0.39, 0.29) is 17.5 Å². The molecule has 184 valence electrons. The number of aliphatic hydroxyl groups is 1. The summed E-state index contributed by atoms with van der Waals surface area (Å²) in [7, 11) is -4.76. The Morgan fingerprint density at radius 3 is 2.35 bits per heavy atom. The van der Waals surface area contributed by atoms with Crippen LogP contribution in [-0.2, 0) is 31.0 Å². The summed E-state index contributed by atoms with van der Waals surface area (Å²) in [6.45, 7) is 2.08.